The van der Waals surface area contributed by atoms with Gasteiger partial charge in [0, 0.05) is 19.8 Å². The van der Waals surface area contributed by atoms with Crippen LogP contribution in [0.3, 0.4) is 0 Å². The number of allylic oxidation sites excluding steroid dienone is 1. The van der Waals surface area contributed by atoms with Crippen LogP contribution in [0.25, 0.3) is 0 Å². The van der Waals surface area contributed by atoms with Crippen LogP contribution in [-0.4, -0.2) is 25.7 Å². The highest BCUT2D eigenvalue weighted by Crippen LogP contribution is 2.13. The molecule has 110 valence electrons. The highest BCUT2D eigenvalue weighted by Gasteiger charge is 2.13. The Bertz CT molecular complexity index is 257. The SMILES string of the molecule is CCCCCCC/C=C/C(=O)NCC1CCOCC1. The summed E-state index contributed by atoms with van der Waals surface area (Å²) in [6, 6.07) is 0. The topological polar surface area (TPSA) is 38.3 Å². The molecule has 1 N–H and O–H groups in total. The minimum Gasteiger partial charge on any atom is -0.381 e. The Morgan fingerprint density at radius 1 is 1.21 bits per heavy atom. The van der Waals surface area contributed by atoms with E-state index in [1.807, 2.05) is 6.08 Å². The second-order valence-corrected chi connectivity index (χ2v) is 5.41. The van der Waals surface area contributed by atoms with E-state index >= 15 is 0 Å². The zero-order chi connectivity index (χ0) is 13.8. The first-order valence-electron chi connectivity index (χ1n) is 7.85. The van der Waals surface area contributed by atoms with E-state index in [-0.39, 0.29) is 5.91 Å². The number of hydrogen-bond donors (Lipinski definition) is 1. The van der Waals surface area contributed by atoms with Crippen LogP contribution in [0.1, 0.15) is 58.3 Å². The number of amides is 1. The van der Waals surface area contributed by atoms with Gasteiger partial charge in [-0.25, -0.2) is 0 Å². The summed E-state index contributed by atoms with van der Waals surface area (Å²) >= 11 is 0. The molecule has 0 bridgehead atoms. The highest BCUT2D eigenvalue weighted by molar-refractivity contribution is 5.87. The lowest BCUT2D eigenvalue weighted by Gasteiger charge is -2.21. The molecule has 1 aliphatic rings. The standard InChI is InChI=1S/C16H29NO2/c1-2-3-4-5-6-7-8-9-16(18)17-14-15-10-12-19-13-11-15/h8-9,15H,2-7,10-14H2,1H3,(H,17,18)/b9-8+. The van der Waals surface area contributed by atoms with E-state index in [0.717, 1.165) is 39.0 Å². The molecule has 0 aromatic carbocycles. The van der Waals surface area contributed by atoms with Gasteiger partial charge in [-0.2, -0.15) is 0 Å². The molecule has 0 unspecified atom stereocenters. The largest absolute Gasteiger partial charge is 0.381 e. The summed E-state index contributed by atoms with van der Waals surface area (Å²) in [5.41, 5.74) is 0. The van der Waals surface area contributed by atoms with Crippen molar-refractivity contribution < 1.29 is 9.53 Å². The minimum absolute atomic E-state index is 0.0556. The Hall–Kier alpha value is -0.830. The first kappa shape index (κ1) is 16.2. The third kappa shape index (κ3) is 8.82. The van der Waals surface area contributed by atoms with Gasteiger partial charge in [0.1, 0.15) is 0 Å². The minimum atomic E-state index is 0.0556. The second kappa shape index (κ2) is 11.0. The lowest BCUT2D eigenvalue weighted by Crippen LogP contribution is -2.31. The molecule has 3 heteroatoms. The predicted molar refractivity (Wildman–Crippen MR) is 79.1 cm³/mol. The van der Waals surface area contributed by atoms with Crippen molar-refractivity contribution in [2.75, 3.05) is 19.8 Å². The van der Waals surface area contributed by atoms with Gasteiger partial charge in [0.25, 0.3) is 0 Å². The quantitative estimate of drug-likeness (QED) is 0.513. The number of nitrogens with one attached hydrogen (secondary N) is 1. The summed E-state index contributed by atoms with van der Waals surface area (Å²) < 4.78 is 5.30. The van der Waals surface area contributed by atoms with Crippen molar-refractivity contribution in [1.82, 2.24) is 5.32 Å². The Morgan fingerprint density at radius 2 is 1.95 bits per heavy atom. The van der Waals surface area contributed by atoms with Crippen molar-refractivity contribution in [2.24, 2.45) is 5.92 Å². The third-order valence-corrected chi connectivity index (χ3v) is 3.65. The van der Waals surface area contributed by atoms with Gasteiger partial charge >= 0.3 is 0 Å². The predicted octanol–water partition coefficient (Wildman–Crippen LogP) is 3.45. The van der Waals surface area contributed by atoms with Gasteiger partial charge in [-0.05, 0) is 37.7 Å². The van der Waals surface area contributed by atoms with Crippen molar-refractivity contribution in [2.45, 2.75) is 58.3 Å². The summed E-state index contributed by atoms with van der Waals surface area (Å²) in [5.74, 6) is 0.653. The van der Waals surface area contributed by atoms with Crippen molar-refractivity contribution in [3.8, 4) is 0 Å². The Labute approximate surface area is 117 Å². The van der Waals surface area contributed by atoms with Gasteiger partial charge in [-0.3, -0.25) is 4.79 Å². The lowest BCUT2D eigenvalue weighted by molar-refractivity contribution is -0.116. The van der Waals surface area contributed by atoms with E-state index in [1.165, 1.54) is 32.1 Å². The summed E-state index contributed by atoms with van der Waals surface area (Å²) in [4.78, 5) is 11.6. The second-order valence-electron chi connectivity index (χ2n) is 5.41. The van der Waals surface area contributed by atoms with E-state index in [4.69, 9.17) is 4.74 Å². The lowest BCUT2D eigenvalue weighted by atomic mass is 10.0. The monoisotopic (exact) mass is 267 g/mol. The molecule has 1 amide bonds. The molecule has 1 fully saturated rings. The smallest absolute Gasteiger partial charge is 0.243 e. The molecule has 0 aliphatic carbocycles. The molecule has 19 heavy (non-hydrogen) atoms. The van der Waals surface area contributed by atoms with Crippen LogP contribution in [0.5, 0.6) is 0 Å². The van der Waals surface area contributed by atoms with Crippen LogP contribution in [-0.2, 0) is 9.53 Å². The molecule has 1 rings (SSSR count). The van der Waals surface area contributed by atoms with Crippen LogP contribution in [0.2, 0.25) is 0 Å². The maximum atomic E-state index is 11.6. The van der Waals surface area contributed by atoms with Gasteiger partial charge in [-0.1, -0.05) is 38.7 Å². The van der Waals surface area contributed by atoms with Crippen LogP contribution in [0.4, 0.5) is 0 Å². The molecule has 1 heterocycles. The molecule has 0 saturated carbocycles. The number of carbonyl (C=O) groups excluding carboxylic acids is 1. The number of hydrogen-bond acceptors (Lipinski definition) is 2. The zero-order valence-electron chi connectivity index (χ0n) is 12.3. The molecule has 0 atom stereocenters. The molecule has 3 nitrogen and oxygen atoms in total. The van der Waals surface area contributed by atoms with Gasteiger partial charge in [0.05, 0.1) is 0 Å². The molecule has 0 spiro atoms. The van der Waals surface area contributed by atoms with Crippen molar-refractivity contribution >= 4 is 5.91 Å². The fraction of sp³-hybridized carbons (Fsp3) is 0.812. The normalized spacial score (nSPS) is 16.9. The highest BCUT2D eigenvalue weighted by atomic mass is 16.5. The first-order valence-corrected chi connectivity index (χ1v) is 7.85. The number of rotatable bonds is 9. The zero-order valence-corrected chi connectivity index (χ0v) is 12.3. The summed E-state index contributed by atoms with van der Waals surface area (Å²) in [7, 11) is 0. The average molecular weight is 267 g/mol. The van der Waals surface area contributed by atoms with Crippen LogP contribution in [0.15, 0.2) is 12.2 Å². The van der Waals surface area contributed by atoms with Gasteiger partial charge in [-0.15, -0.1) is 0 Å². The number of carbonyl (C=O) groups is 1. The van der Waals surface area contributed by atoms with E-state index in [1.54, 1.807) is 6.08 Å². The van der Waals surface area contributed by atoms with Crippen molar-refractivity contribution in [3.05, 3.63) is 12.2 Å². The van der Waals surface area contributed by atoms with Gasteiger partial charge in [0.2, 0.25) is 5.91 Å². The fourth-order valence-electron chi connectivity index (χ4n) is 2.31. The Morgan fingerprint density at radius 3 is 2.68 bits per heavy atom. The molecule has 0 aromatic rings. The van der Waals surface area contributed by atoms with Gasteiger partial charge < -0.3 is 10.1 Å². The molecule has 1 aliphatic heterocycles. The maximum absolute atomic E-state index is 11.6. The molecule has 1 saturated heterocycles. The van der Waals surface area contributed by atoms with Crippen LogP contribution >= 0.6 is 0 Å². The Balaban J connectivity index is 1.97. The molecular formula is C16H29NO2. The van der Waals surface area contributed by atoms with E-state index in [9.17, 15) is 4.79 Å². The number of unbranched alkanes of at least 4 members (excludes halogenated alkanes) is 5. The third-order valence-electron chi connectivity index (χ3n) is 3.65. The molecular weight excluding hydrogens is 238 g/mol. The Kier molecular flexibility index (Phi) is 9.42. The fourth-order valence-corrected chi connectivity index (χ4v) is 2.31. The van der Waals surface area contributed by atoms with Crippen molar-refractivity contribution in [3.63, 3.8) is 0 Å². The van der Waals surface area contributed by atoms with Crippen LogP contribution < -0.4 is 5.32 Å². The van der Waals surface area contributed by atoms with Gasteiger partial charge in [0.15, 0.2) is 0 Å². The first-order chi connectivity index (χ1) is 9.33. The van der Waals surface area contributed by atoms with Crippen molar-refractivity contribution in [1.29, 1.82) is 0 Å². The van der Waals surface area contributed by atoms with Crippen LogP contribution in [0, 0.1) is 5.92 Å². The summed E-state index contributed by atoms with van der Waals surface area (Å²) in [5, 5.41) is 2.98. The summed E-state index contributed by atoms with van der Waals surface area (Å²) in [6.07, 6.45) is 13.3. The summed E-state index contributed by atoms with van der Waals surface area (Å²) in [6.45, 7) is 4.70. The number of ether oxygens (including phenoxy) is 1. The maximum Gasteiger partial charge on any atom is 0.243 e. The average Bonchev–Trinajstić information content (AvgIpc) is 2.45. The van der Waals surface area contributed by atoms with E-state index in [2.05, 4.69) is 12.2 Å². The van der Waals surface area contributed by atoms with E-state index < -0.39 is 0 Å². The molecule has 0 radical (unpaired) electrons. The van der Waals surface area contributed by atoms with E-state index in [0.29, 0.717) is 5.92 Å². The molecule has 0 aromatic heterocycles.